The molecule has 0 radical (unpaired) electrons. The second-order valence-corrected chi connectivity index (χ2v) is 7.50. The fraction of sp³-hybridized carbons (Fsp3) is 0.733. The summed E-state index contributed by atoms with van der Waals surface area (Å²) in [6.07, 6.45) is 5.37. The Hall–Kier alpha value is -0.0900. The molecule has 19 heavy (non-hydrogen) atoms. The van der Waals surface area contributed by atoms with Crippen LogP contribution in [0.4, 0.5) is 0 Å². The monoisotopic (exact) mass is 298 g/mol. The van der Waals surface area contributed by atoms with Crippen LogP contribution in [0.15, 0.2) is 11.4 Å². The van der Waals surface area contributed by atoms with Gasteiger partial charge >= 0.3 is 0 Å². The van der Waals surface area contributed by atoms with Gasteiger partial charge in [-0.25, -0.2) is 0 Å². The zero-order valence-corrected chi connectivity index (χ0v) is 13.3. The summed E-state index contributed by atoms with van der Waals surface area (Å²) in [5.74, 6) is 0. The molecule has 0 spiro atoms. The molecule has 0 aliphatic carbocycles. The number of hydrogen-bond acceptors (Lipinski definition) is 3. The summed E-state index contributed by atoms with van der Waals surface area (Å²) in [4.78, 5) is 2.67. The summed E-state index contributed by atoms with van der Waals surface area (Å²) in [6, 6.07) is 4.87. The molecule has 2 aliphatic rings. The number of rotatable bonds is 4. The molecule has 0 amide bonds. The molecule has 3 atom stereocenters. The van der Waals surface area contributed by atoms with Crippen LogP contribution >= 0.6 is 22.9 Å². The Balaban J connectivity index is 1.73. The van der Waals surface area contributed by atoms with E-state index in [2.05, 4.69) is 35.5 Å². The van der Waals surface area contributed by atoms with Crippen molar-refractivity contribution in [1.82, 2.24) is 10.2 Å². The third-order valence-corrected chi connectivity index (χ3v) is 5.96. The predicted molar refractivity (Wildman–Crippen MR) is 83.1 cm³/mol. The number of nitrogens with one attached hydrogen (secondary N) is 1. The Labute approximate surface area is 125 Å². The van der Waals surface area contributed by atoms with Gasteiger partial charge in [0, 0.05) is 24.2 Å². The average molecular weight is 299 g/mol. The van der Waals surface area contributed by atoms with Crippen LogP contribution in [0.25, 0.3) is 0 Å². The van der Waals surface area contributed by atoms with E-state index in [0.717, 1.165) is 29.0 Å². The van der Waals surface area contributed by atoms with E-state index < -0.39 is 0 Å². The Morgan fingerprint density at radius 3 is 2.63 bits per heavy atom. The Kier molecular flexibility index (Phi) is 4.18. The number of fused-ring (bicyclic) bond motifs is 2. The summed E-state index contributed by atoms with van der Waals surface area (Å²) < 4.78 is 0.906. The summed E-state index contributed by atoms with van der Waals surface area (Å²) in [7, 11) is 0. The van der Waals surface area contributed by atoms with Crippen LogP contribution in [0.3, 0.4) is 0 Å². The van der Waals surface area contributed by atoms with Gasteiger partial charge in [-0.15, -0.1) is 11.3 Å². The first-order chi connectivity index (χ1) is 9.17. The van der Waals surface area contributed by atoms with E-state index in [9.17, 15) is 0 Å². The van der Waals surface area contributed by atoms with Gasteiger partial charge in [-0.1, -0.05) is 18.5 Å². The molecule has 3 rings (SSSR count). The van der Waals surface area contributed by atoms with Crippen molar-refractivity contribution in [2.45, 2.75) is 63.7 Å². The molecule has 0 saturated carbocycles. The maximum absolute atomic E-state index is 6.08. The molecule has 2 fully saturated rings. The molecule has 2 bridgehead atoms. The van der Waals surface area contributed by atoms with E-state index >= 15 is 0 Å². The van der Waals surface area contributed by atoms with E-state index in [1.807, 2.05) is 0 Å². The van der Waals surface area contributed by atoms with Crippen molar-refractivity contribution in [3.8, 4) is 0 Å². The first kappa shape index (κ1) is 13.9. The summed E-state index contributed by atoms with van der Waals surface area (Å²) >= 11 is 7.73. The van der Waals surface area contributed by atoms with Crippen LogP contribution in [0.1, 0.15) is 51.1 Å². The molecule has 0 aromatic carbocycles. The zero-order valence-electron chi connectivity index (χ0n) is 11.7. The van der Waals surface area contributed by atoms with Crippen LogP contribution in [0.5, 0.6) is 0 Å². The minimum Gasteiger partial charge on any atom is -0.311 e. The lowest BCUT2D eigenvalue weighted by atomic mass is 9.96. The molecule has 106 valence electrons. The molecule has 2 aliphatic heterocycles. The number of thiophene rings is 1. The van der Waals surface area contributed by atoms with E-state index in [-0.39, 0.29) is 0 Å². The number of hydrogen-bond donors (Lipinski definition) is 1. The van der Waals surface area contributed by atoms with E-state index in [4.69, 9.17) is 11.6 Å². The van der Waals surface area contributed by atoms with E-state index in [0.29, 0.717) is 6.04 Å². The standard InChI is InChI=1S/C15H23ClN2S/c1-3-18(10(2)11-6-15(16)19-9-11)14-7-12-4-5-13(8-14)17-12/h6,9-10,12-14,17H,3-5,7-8H2,1-2H3. The van der Waals surface area contributed by atoms with Gasteiger partial charge in [0.05, 0.1) is 4.34 Å². The second-order valence-electron chi connectivity index (χ2n) is 5.95. The lowest BCUT2D eigenvalue weighted by molar-refractivity contribution is 0.108. The summed E-state index contributed by atoms with van der Waals surface area (Å²) in [5, 5.41) is 5.95. The van der Waals surface area contributed by atoms with Crippen LogP contribution in [-0.2, 0) is 0 Å². The van der Waals surface area contributed by atoms with E-state index in [1.54, 1.807) is 11.3 Å². The molecule has 3 unspecified atom stereocenters. The van der Waals surface area contributed by atoms with Crippen molar-refractivity contribution < 1.29 is 0 Å². The van der Waals surface area contributed by atoms with Crippen molar-refractivity contribution >= 4 is 22.9 Å². The van der Waals surface area contributed by atoms with Crippen molar-refractivity contribution in [3.05, 3.63) is 21.3 Å². The van der Waals surface area contributed by atoms with Crippen molar-refractivity contribution in [2.24, 2.45) is 0 Å². The van der Waals surface area contributed by atoms with Crippen LogP contribution in [-0.4, -0.2) is 29.6 Å². The maximum Gasteiger partial charge on any atom is 0.0931 e. The molecule has 1 aromatic rings. The number of halogens is 1. The molecule has 4 heteroatoms. The van der Waals surface area contributed by atoms with Crippen LogP contribution < -0.4 is 5.32 Å². The van der Waals surface area contributed by atoms with Crippen molar-refractivity contribution in [2.75, 3.05) is 6.54 Å². The van der Waals surface area contributed by atoms with Gasteiger partial charge in [0.1, 0.15) is 0 Å². The normalized spacial score (nSPS) is 31.9. The van der Waals surface area contributed by atoms with Crippen molar-refractivity contribution in [3.63, 3.8) is 0 Å². The fourth-order valence-electron chi connectivity index (χ4n) is 3.88. The third-order valence-electron chi connectivity index (χ3n) is 4.85. The van der Waals surface area contributed by atoms with Gasteiger partial charge < -0.3 is 5.32 Å². The van der Waals surface area contributed by atoms with Gasteiger partial charge in [0.2, 0.25) is 0 Å². The minimum absolute atomic E-state index is 0.483. The van der Waals surface area contributed by atoms with Gasteiger partial charge in [-0.3, -0.25) is 4.90 Å². The Morgan fingerprint density at radius 1 is 1.42 bits per heavy atom. The van der Waals surface area contributed by atoms with Gasteiger partial charge in [0.25, 0.3) is 0 Å². The minimum atomic E-state index is 0.483. The lowest BCUT2D eigenvalue weighted by Gasteiger charge is -2.40. The largest absolute Gasteiger partial charge is 0.311 e. The Morgan fingerprint density at radius 2 is 2.11 bits per heavy atom. The molecular weight excluding hydrogens is 276 g/mol. The first-order valence-electron chi connectivity index (χ1n) is 7.43. The molecule has 1 aromatic heterocycles. The molecular formula is C15H23ClN2S. The second kappa shape index (κ2) is 5.72. The van der Waals surface area contributed by atoms with Gasteiger partial charge in [0.15, 0.2) is 0 Å². The van der Waals surface area contributed by atoms with Crippen molar-refractivity contribution in [1.29, 1.82) is 0 Å². The predicted octanol–water partition coefficient (Wildman–Crippen LogP) is 4.07. The quantitative estimate of drug-likeness (QED) is 0.901. The molecule has 2 nitrogen and oxygen atoms in total. The summed E-state index contributed by atoms with van der Waals surface area (Å²) in [5.41, 5.74) is 1.38. The fourth-order valence-corrected chi connectivity index (χ4v) is 4.86. The zero-order chi connectivity index (χ0) is 13.4. The maximum atomic E-state index is 6.08. The third kappa shape index (κ3) is 2.85. The highest BCUT2D eigenvalue weighted by Crippen LogP contribution is 2.35. The lowest BCUT2D eigenvalue weighted by Crippen LogP contribution is -2.48. The smallest absolute Gasteiger partial charge is 0.0931 e. The molecule has 1 N–H and O–H groups in total. The van der Waals surface area contributed by atoms with Crippen LogP contribution in [0.2, 0.25) is 4.34 Å². The number of nitrogens with zero attached hydrogens (tertiary/aromatic N) is 1. The molecule has 2 saturated heterocycles. The highest BCUT2D eigenvalue weighted by atomic mass is 35.5. The summed E-state index contributed by atoms with van der Waals surface area (Å²) in [6.45, 7) is 5.74. The van der Waals surface area contributed by atoms with Crippen LogP contribution in [0, 0.1) is 0 Å². The average Bonchev–Trinajstić information content (AvgIpc) is 2.97. The highest BCUT2D eigenvalue weighted by molar-refractivity contribution is 7.14. The van der Waals surface area contributed by atoms with Gasteiger partial charge in [-0.05, 0) is 56.2 Å². The van der Waals surface area contributed by atoms with E-state index in [1.165, 1.54) is 31.2 Å². The SMILES string of the molecule is CCN(C1CC2CCC(C1)N2)C(C)c1csc(Cl)c1. The number of piperidine rings is 1. The highest BCUT2D eigenvalue weighted by Gasteiger charge is 2.37. The van der Waals surface area contributed by atoms with Gasteiger partial charge in [-0.2, -0.15) is 0 Å². The first-order valence-corrected chi connectivity index (χ1v) is 8.69. The Bertz CT molecular complexity index is 422. The molecule has 3 heterocycles. The topological polar surface area (TPSA) is 15.3 Å².